The van der Waals surface area contributed by atoms with Crippen molar-refractivity contribution in [1.29, 1.82) is 0 Å². The molecule has 0 saturated carbocycles. The van der Waals surface area contributed by atoms with E-state index in [2.05, 4.69) is 19.2 Å². The smallest absolute Gasteiger partial charge is 0.218 e. The molecular weight excluding hydrogens is 248 g/mol. The second-order valence-corrected chi connectivity index (χ2v) is 7.40. The van der Waals surface area contributed by atoms with E-state index in [4.69, 9.17) is 0 Å². The maximum Gasteiger partial charge on any atom is 0.218 e. The molecule has 1 aliphatic heterocycles. The van der Waals surface area contributed by atoms with Gasteiger partial charge in [0.05, 0.1) is 5.25 Å². The third-order valence-corrected chi connectivity index (χ3v) is 6.26. The summed E-state index contributed by atoms with van der Waals surface area (Å²) in [6.07, 6.45) is 4.62. The molecule has 1 aliphatic rings. The highest BCUT2D eigenvalue weighted by Crippen LogP contribution is 2.20. The molecule has 1 fully saturated rings. The number of nitrogens with zero attached hydrogens (tertiary/aromatic N) is 1. The largest absolute Gasteiger partial charge is 0.315 e. The van der Waals surface area contributed by atoms with E-state index in [1.807, 2.05) is 6.92 Å². The van der Waals surface area contributed by atoms with Gasteiger partial charge in [-0.3, -0.25) is 0 Å². The van der Waals surface area contributed by atoms with Crippen molar-refractivity contribution in [2.24, 2.45) is 0 Å². The SMILES string of the molecule is CCCCN(C(C)CC)S(=O)(=O)C1CCCNC1. The predicted molar refractivity (Wildman–Crippen MR) is 76.2 cm³/mol. The molecule has 0 aromatic carbocycles. The highest BCUT2D eigenvalue weighted by atomic mass is 32.2. The Morgan fingerprint density at radius 1 is 1.39 bits per heavy atom. The van der Waals surface area contributed by atoms with Crippen LogP contribution in [0.1, 0.15) is 52.9 Å². The van der Waals surface area contributed by atoms with Gasteiger partial charge in [-0.05, 0) is 39.2 Å². The summed E-state index contributed by atoms with van der Waals surface area (Å²) in [5.41, 5.74) is 0. The Kier molecular flexibility index (Phi) is 6.60. The maximum absolute atomic E-state index is 12.7. The average molecular weight is 276 g/mol. The molecule has 108 valence electrons. The fraction of sp³-hybridized carbons (Fsp3) is 1.00. The van der Waals surface area contributed by atoms with E-state index < -0.39 is 10.0 Å². The first-order valence-electron chi connectivity index (χ1n) is 7.25. The minimum atomic E-state index is -3.14. The Morgan fingerprint density at radius 3 is 2.61 bits per heavy atom. The number of unbranched alkanes of at least 4 members (excludes halogenated alkanes) is 1. The Balaban J connectivity index is 2.80. The van der Waals surface area contributed by atoms with E-state index in [0.717, 1.165) is 38.6 Å². The lowest BCUT2D eigenvalue weighted by atomic mass is 10.2. The number of piperidine rings is 1. The lowest BCUT2D eigenvalue weighted by Gasteiger charge is -2.33. The average Bonchev–Trinajstić information content (AvgIpc) is 2.39. The molecule has 2 unspecified atom stereocenters. The van der Waals surface area contributed by atoms with Crippen LogP contribution in [0.2, 0.25) is 0 Å². The molecule has 5 heteroatoms. The summed E-state index contributed by atoms with van der Waals surface area (Å²) in [7, 11) is -3.14. The van der Waals surface area contributed by atoms with Crippen LogP contribution in [-0.4, -0.2) is 43.6 Å². The Bertz CT molecular complexity index is 324. The van der Waals surface area contributed by atoms with Gasteiger partial charge in [0.15, 0.2) is 0 Å². The van der Waals surface area contributed by atoms with Gasteiger partial charge in [-0.1, -0.05) is 20.3 Å². The van der Waals surface area contributed by atoms with Crippen LogP contribution < -0.4 is 5.32 Å². The van der Waals surface area contributed by atoms with Crippen molar-refractivity contribution in [3.05, 3.63) is 0 Å². The molecule has 2 atom stereocenters. The summed E-state index contributed by atoms with van der Waals surface area (Å²) in [5, 5.41) is 2.98. The molecule has 0 aromatic rings. The van der Waals surface area contributed by atoms with Crippen molar-refractivity contribution in [2.75, 3.05) is 19.6 Å². The number of rotatable bonds is 7. The summed E-state index contributed by atoms with van der Waals surface area (Å²) in [6, 6.07) is 0.114. The second kappa shape index (κ2) is 7.46. The minimum Gasteiger partial charge on any atom is -0.315 e. The van der Waals surface area contributed by atoms with Gasteiger partial charge in [0.1, 0.15) is 0 Å². The Morgan fingerprint density at radius 2 is 2.11 bits per heavy atom. The van der Waals surface area contributed by atoms with Gasteiger partial charge in [0.25, 0.3) is 0 Å². The molecule has 0 amide bonds. The molecule has 1 saturated heterocycles. The standard InChI is InChI=1S/C13H28N2O2S/c1-4-6-10-15(12(3)5-2)18(16,17)13-8-7-9-14-11-13/h12-14H,4-11H2,1-3H3. The first kappa shape index (κ1) is 15.9. The van der Waals surface area contributed by atoms with Crippen molar-refractivity contribution in [2.45, 2.75) is 64.2 Å². The summed E-state index contributed by atoms with van der Waals surface area (Å²) in [5.74, 6) is 0. The fourth-order valence-electron chi connectivity index (χ4n) is 2.38. The summed E-state index contributed by atoms with van der Waals surface area (Å²) >= 11 is 0. The van der Waals surface area contributed by atoms with Gasteiger partial charge in [0.2, 0.25) is 10.0 Å². The van der Waals surface area contributed by atoms with Crippen LogP contribution in [0.15, 0.2) is 0 Å². The topological polar surface area (TPSA) is 49.4 Å². The van der Waals surface area contributed by atoms with Gasteiger partial charge in [0, 0.05) is 19.1 Å². The van der Waals surface area contributed by atoms with Crippen LogP contribution >= 0.6 is 0 Å². The van der Waals surface area contributed by atoms with Crippen LogP contribution in [0.3, 0.4) is 0 Å². The predicted octanol–water partition coefficient (Wildman–Crippen LogP) is 1.97. The molecule has 0 radical (unpaired) electrons. The third-order valence-electron chi connectivity index (χ3n) is 3.81. The maximum atomic E-state index is 12.7. The Hall–Kier alpha value is -0.130. The van der Waals surface area contributed by atoms with Crippen LogP contribution in [-0.2, 0) is 10.0 Å². The van der Waals surface area contributed by atoms with Gasteiger partial charge in [-0.2, -0.15) is 4.31 Å². The van der Waals surface area contributed by atoms with Crippen molar-refractivity contribution in [3.63, 3.8) is 0 Å². The quantitative estimate of drug-likeness (QED) is 0.773. The zero-order valence-corrected chi connectivity index (χ0v) is 12.8. The van der Waals surface area contributed by atoms with Crippen molar-refractivity contribution in [1.82, 2.24) is 9.62 Å². The van der Waals surface area contributed by atoms with Gasteiger partial charge in [-0.25, -0.2) is 8.42 Å². The Labute approximate surface area is 112 Å². The molecular formula is C13H28N2O2S. The lowest BCUT2D eigenvalue weighted by molar-refractivity contribution is 0.315. The number of sulfonamides is 1. The van der Waals surface area contributed by atoms with E-state index in [-0.39, 0.29) is 11.3 Å². The van der Waals surface area contributed by atoms with Gasteiger partial charge >= 0.3 is 0 Å². The van der Waals surface area contributed by atoms with E-state index in [0.29, 0.717) is 13.1 Å². The number of nitrogens with one attached hydrogen (secondary N) is 1. The highest BCUT2D eigenvalue weighted by Gasteiger charge is 2.34. The molecule has 1 rings (SSSR count). The van der Waals surface area contributed by atoms with E-state index in [1.54, 1.807) is 4.31 Å². The van der Waals surface area contributed by atoms with Crippen LogP contribution in [0, 0.1) is 0 Å². The zero-order chi connectivity index (χ0) is 13.6. The second-order valence-electron chi connectivity index (χ2n) is 5.23. The summed E-state index contributed by atoms with van der Waals surface area (Å²) in [4.78, 5) is 0. The van der Waals surface area contributed by atoms with Crippen molar-refractivity contribution >= 4 is 10.0 Å². The number of hydrogen-bond acceptors (Lipinski definition) is 3. The lowest BCUT2D eigenvalue weighted by Crippen LogP contribution is -2.49. The molecule has 1 N–H and O–H groups in total. The zero-order valence-electron chi connectivity index (χ0n) is 12.0. The molecule has 0 aromatic heterocycles. The molecule has 0 spiro atoms. The molecule has 0 bridgehead atoms. The summed E-state index contributed by atoms with van der Waals surface area (Å²) in [6.45, 7) is 8.40. The van der Waals surface area contributed by atoms with E-state index in [1.165, 1.54) is 0 Å². The monoisotopic (exact) mass is 276 g/mol. The first-order chi connectivity index (χ1) is 8.54. The fourth-order valence-corrected chi connectivity index (χ4v) is 4.59. The molecule has 18 heavy (non-hydrogen) atoms. The van der Waals surface area contributed by atoms with E-state index >= 15 is 0 Å². The molecule has 1 heterocycles. The van der Waals surface area contributed by atoms with Crippen LogP contribution in [0.25, 0.3) is 0 Å². The number of hydrogen-bond donors (Lipinski definition) is 1. The first-order valence-corrected chi connectivity index (χ1v) is 8.75. The molecule has 0 aliphatic carbocycles. The van der Waals surface area contributed by atoms with Crippen molar-refractivity contribution < 1.29 is 8.42 Å². The van der Waals surface area contributed by atoms with Gasteiger partial charge < -0.3 is 5.32 Å². The normalized spacial score (nSPS) is 23.2. The minimum absolute atomic E-state index is 0.114. The molecule has 4 nitrogen and oxygen atoms in total. The van der Waals surface area contributed by atoms with Crippen LogP contribution in [0.5, 0.6) is 0 Å². The third kappa shape index (κ3) is 3.93. The summed E-state index contributed by atoms with van der Waals surface area (Å²) < 4.78 is 27.1. The van der Waals surface area contributed by atoms with Gasteiger partial charge in [-0.15, -0.1) is 0 Å². The van der Waals surface area contributed by atoms with Crippen molar-refractivity contribution in [3.8, 4) is 0 Å². The van der Waals surface area contributed by atoms with E-state index in [9.17, 15) is 8.42 Å². The highest BCUT2D eigenvalue weighted by molar-refractivity contribution is 7.89. The van der Waals surface area contributed by atoms with Crippen LogP contribution in [0.4, 0.5) is 0 Å².